The van der Waals surface area contributed by atoms with Gasteiger partial charge in [0.05, 0.1) is 0 Å². The Morgan fingerprint density at radius 3 is 2.50 bits per heavy atom. The number of methoxy groups -OCH3 is 1. The molecule has 20 heavy (non-hydrogen) atoms. The molecule has 2 heteroatoms. The minimum absolute atomic E-state index is 0.536. The maximum atomic E-state index is 5.25. The number of benzene rings is 1. The second kappa shape index (κ2) is 5.87. The third-order valence-electron chi connectivity index (χ3n) is 5.02. The monoisotopic (exact) mass is 273 g/mol. The second-order valence-electron chi connectivity index (χ2n) is 6.85. The van der Waals surface area contributed by atoms with Crippen molar-refractivity contribution < 1.29 is 4.74 Å². The van der Waals surface area contributed by atoms with E-state index in [0.29, 0.717) is 11.5 Å². The number of rotatable bonds is 8. The Morgan fingerprint density at radius 2 is 1.95 bits per heavy atom. The fourth-order valence-corrected chi connectivity index (χ4v) is 3.10. The zero-order valence-corrected chi connectivity index (χ0v) is 12.8. The van der Waals surface area contributed by atoms with E-state index < -0.39 is 0 Å². The highest BCUT2D eigenvalue weighted by molar-refractivity contribution is 5.25. The number of aryl methyl sites for hydroxylation is 1. The highest BCUT2D eigenvalue weighted by atomic mass is 16.5. The zero-order chi connectivity index (χ0) is 14.0. The van der Waals surface area contributed by atoms with Gasteiger partial charge in [0.2, 0.25) is 0 Å². The van der Waals surface area contributed by atoms with E-state index in [-0.39, 0.29) is 0 Å². The predicted octanol–water partition coefficient (Wildman–Crippen LogP) is 3.85. The summed E-state index contributed by atoms with van der Waals surface area (Å²) in [4.78, 5) is 0. The maximum absolute atomic E-state index is 5.25. The molecule has 0 radical (unpaired) electrons. The SMILES string of the molecule is COCCC1(CNC(c2ccc(C)cc2)C2CC2)CC1. The van der Waals surface area contributed by atoms with Gasteiger partial charge in [-0.15, -0.1) is 0 Å². The van der Waals surface area contributed by atoms with Gasteiger partial charge < -0.3 is 10.1 Å². The first kappa shape index (κ1) is 14.1. The first-order valence-electron chi connectivity index (χ1n) is 8.01. The Kier molecular flexibility index (Phi) is 4.13. The van der Waals surface area contributed by atoms with Gasteiger partial charge in [-0.1, -0.05) is 29.8 Å². The van der Waals surface area contributed by atoms with E-state index >= 15 is 0 Å². The Morgan fingerprint density at radius 1 is 1.25 bits per heavy atom. The topological polar surface area (TPSA) is 21.3 Å². The van der Waals surface area contributed by atoms with Crippen LogP contribution in [0.4, 0.5) is 0 Å². The van der Waals surface area contributed by atoms with Crippen molar-refractivity contribution >= 4 is 0 Å². The van der Waals surface area contributed by atoms with E-state index in [4.69, 9.17) is 4.74 Å². The Hall–Kier alpha value is -0.860. The largest absolute Gasteiger partial charge is 0.385 e. The molecule has 2 nitrogen and oxygen atoms in total. The zero-order valence-electron chi connectivity index (χ0n) is 12.8. The molecule has 1 atom stereocenters. The highest BCUT2D eigenvalue weighted by Gasteiger charge is 2.43. The smallest absolute Gasteiger partial charge is 0.0468 e. The second-order valence-corrected chi connectivity index (χ2v) is 6.85. The quantitative estimate of drug-likeness (QED) is 0.776. The molecule has 0 aromatic heterocycles. The van der Waals surface area contributed by atoms with Gasteiger partial charge in [0.1, 0.15) is 0 Å². The van der Waals surface area contributed by atoms with Gasteiger partial charge in [0.15, 0.2) is 0 Å². The average molecular weight is 273 g/mol. The van der Waals surface area contributed by atoms with Gasteiger partial charge in [-0.25, -0.2) is 0 Å². The Balaban J connectivity index is 1.59. The highest BCUT2D eigenvalue weighted by Crippen LogP contribution is 2.49. The van der Waals surface area contributed by atoms with E-state index in [1.807, 2.05) is 7.11 Å². The molecular formula is C18H27NO. The number of hydrogen-bond donors (Lipinski definition) is 1. The molecule has 0 spiro atoms. The van der Waals surface area contributed by atoms with Crippen LogP contribution >= 0.6 is 0 Å². The Bertz CT molecular complexity index is 431. The molecule has 1 aromatic rings. The lowest BCUT2D eigenvalue weighted by Crippen LogP contribution is -2.30. The van der Waals surface area contributed by atoms with Crippen molar-refractivity contribution in [3.8, 4) is 0 Å². The number of nitrogens with one attached hydrogen (secondary N) is 1. The minimum Gasteiger partial charge on any atom is -0.385 e. The fourth-order valence-electron chi connectivity index (χ4n) is 3.10. The molecule has 2 saturated carbocycles. The molecule has 0 amide bonds. The third kappa shape index (κ3) is 3.42. The summed E-state index contributed by atoms with van der Waals surface area (Å²) in [6, 6.07) is 9.66. The molecule has 0 saturated heterocycles. The van der Waals surface area contributed by atoms with Crippen LogP contribution in [0.1, 0.15) is 49.3 Å². The molecule has 1 unspecified atom stereocenters. The van der Waals surface area contributed by atoms with Crippen molar-refractivity contribution in [3.05, 3.63) is 35.4 Å². The number of ether oxygens (including phenoxy) is 1. The van der Waals surface area contributed by atoms with E-state index in [0.717, 1.165) is 19.1 Å². The lowest BCUT2D eigenvalue weighted by atomic mass is 9.98. The van der Waals surface area contributed by atoms with E-state index in [2.05, 4.69) is 36.5 Å². The molecule has 1 aromatic carbocycles. The third-order valence-corrected chi connectivity index (χ3v) is 5.02. The molecule has 2 aliphatic carbocycles. The van der Waals surface area contributed by atoms with Crippen LogP contribution in [0.15, 0.2) is 24.3 Å². The fraction of sp³-hybridized carbons (Fsp3) is 0.667. The van der Waals surface area contributed by atoms with Crippen molar-refractivity contribution in [3.63, 3.8) is 0 Å². The first-order chi connectivity index (χ1) is 9.72. The van der Waals surface area contributed by atoms with Crippen molar-refractivity contribution in [2.45, 2.75) is 45.1 Å². The van der Waals surface area contributed by atoms with E-state index in [9.17, 15) is 0 Å². The summed E-state index contributed by atoms with van der Waals surface area (Å²) in [6.45, 7) is 4.22. The van der Waals surface area contributed by atoms with E-state index in [1.54, 1.807) is 0 Å². The summed E-state index contributed by atoms with van der Waals surface area (Å²) >= 11 is 0. The van der Waals surface area contributed by atoms with Gasteiger partial charge in [-0.2, -0.15) is 0 Å². The predicted molar refractivity (Wildman–Crippen MR) is 82.8 cm³/mol. The molecular weight excluding hydrogens is 246 g/mol. The summed E-state index contributed by atoms with van der Waals surface area (Å²) in [5.74, 6) is 0.857. The summed E-state index contributed by atoms with van der Waals surface area (Å²) in [6.07, 6.45) is 6.72. The molecule has 0 aliphatic heterocycles. The van der Waals surface area contributed by atoms with Gasteiger partial charge in [-0.05, 0) is 55.9 Å². The lowest BCUT2D eigenvalue weighted by Gasteiger charge is -2.23. The molecule has 110 valence electrons. The summed E-state index contributed by atoms with van der Waals surface area (Å²) in [5, 5.41) is 3.87. The summed E-state index contributed by atoms with van der Waals surface area (Å²) in [5.41, 5.74) is 3.36. The van der Waals surface area contributed by atoms with Crippen molar-refractivity contribution in [2.24, 2.45) is 11.3 Å². The molecule has 0 bridgehead atoms. The van der Waals surface area contributed by atoms with Crippen molar-refractivity contribution in [1.82, 2.24) is 5.32 Å². The van der Waals surface area contributed by atoms with Crippen molar-refractivity contribution in [2.75, 3.05) is 20.3 Å². The van der Waals surface area contributed by atoms with Crippen LogP contribution in [-0.2, 0) is 4.74 Å². The van der Waals surface area contributed by atoms with Crippen LogP contribution in [0.3, 0.4) is 0 Å². The standard InChI is InChI=1S/C18H27NO/c1-14-3-5-15(6-4-14)17(16-7-8-16)19-13-18(9-10-18)11-12-20-2/h3-6,16-17,19H,7-13H2,1-2H3. The maximum Gasteiger partial charge on any atom is 0.0468 e. The van der Waals surface area contributed by atoms with Crippen LogP contribution in [0, 0.1) is 18.3 Å². The Labute approximate surface area is 122 Å². The lowest BCUT2D eigenvalue weighted by molar-refractivity contribution is 0.169. The van der Waals surface area contributed by atoms with Gasteiger partial charge in [-0.3, -0.25) is 0 Å². The normalized spacial score (nSPS) is 21.7. The van der Waals surface area contributed by atoms with Gasteiger partial charge in [0.25, 0.3) is 0 Å². The summed E-state index contributed by atoms with van der Waals surface area (Å²) < 4.78 is 5.25. The molecule has 1 N–H and O–H groups in total. The molecule has 3 rings (SSSR count). The van der Waals surface area contributed by atoms with Crippen LogP contribution in [0.5, 0.6) is 0 Å². The first-order valence-corrected chi connectivity index (χ1v) is 8.01. The van der Waals surface area contributed by atoms with Crippen LogP contribution in [-0.4, -0.2) is 20.3 Å². The van der Waals surface area contributed by atoms with E-state index in [1.165, 1.54) is 43.2 Å². The van der Waals surface area contributed by atoms with Crippen LogP contribution in [0.2, 0.25) is 0 Å². The average Bonchev–Trinajstić information content (AvgIpc) is 3.35. The van der Waals surface area contributed by atoms with Crippen molar-refractivity contribution in [1.29, 1.82) is 0 Å². The van der Waals surface area contributed by atoms with Crippen LogP contribution < -0.4 is 5.32 Å². The number of hydrogen-bond acceptors (Lipinski definition) is 2. The van der Waals surface area contributed by atoms with Crippen LogP contribution in [0.25, 0.3) is 0 Å². The molecule has 0 heterocycles. The molecule has 2 aliphatic rings. The van der Waals surface area contributed by atoms with Gasteiger partial charge in [0, 0.05) is 26.3 Å². The summed E-state index contributed by atoms with van der Waals surface area (Å²) in [7, 11) is 1.81. The molecule has 2 fully saturated rings. The minimum atomic E-state index is 0.536. The van der Waals surface area contributed by atoms with Gasteiger partial charge >= 0.3 is 0 Å².